The molecule has 2 rings (SSSR count). The molecule has 0 aliphatic carbocycles. The summed E-state index contributed by atoms with van der Waals surface area (Å²) in [7, 11) is 0. The maximum atomic E-state index is 12.2. The first kappa shape index (κ1) is 17.2. The molecule has 0 saturated carbocycles. The minimum absolute atomic E-state index is 0.172. The molecule has 2 amide bonds. The van der Waals surface area contributed by atoms with Crippen LogP contribution >= 0.6 is 11.8 Å². The second-order valence-electron chi connectivity index (χ2n) is 4.97. The van der Waals surface area contributed by atoms with Crippen LogP contribution in [0.2, 0.25) is 0 Å². The number of aromatic amines is 1. The van der Waals surface area contributed by atoms with E-state index in [4.69, 9.17) is 11.5 Å². The SMILES string of the molecule is NC(=O)Cc1[nH]c2cc(CSCC(F)(F)F)ccc2c1C(N)=O. The number of nitrogens with one attached hydrogen (secondary N) is 1. The van der Waals surface area contributed by atoms with Crippen molar-refractivity contribution in [1.29, 1.82) is 0 Å². The molecule has 0 unspecified atom stereocenters. The third-order valence-electron chi connectivity index (χ3n) is 3.07. The third-order valence-corrected chi connectivity index (χ3v) is 4.14. The highest BCUT2D eigenvalue weighted by atomic mass is 32.2. The lowest BCUT2D eigenvalue weighted by atomic mass is 10.1. The highest BCUT2D eigenvalue weighted by Crippen LogP contribution is 2.27. The molecule has 0 aliphatic heterocycles. The van der Waals surface area contributed by atoms with Crippen molar-refractivity contribution in [2.24, 2.45) is 11.5 Å². The van der Waals surface area contributed by atoms with Gasteiger partial charge < -0.3 is 16.5 Å². The topological polar surface area (TPSA) is 102 Å². The number of nitrogens with two attached hydrogens (primary N) is 2. The summed E-state index contributed by atoms with van der Waals surface area (Å²) in [4.78, 5) is 25.5. The fraction of sp³-hybridized carbons (Fsp3) is 0.286. The molecule has 9 heteroatoms. The van der Waals surface area contributed by atoms with Crippen LogP contribution in [0.25, 0.3) is 10.9 Å². The second kappa shape index (κ2) is 6.53. The number of H-pyrrole nitrogens is 1. The van der Waals surface area contributed by atoms with Gasteiger partial charge in [-0.1, -0.05) is 12.1 Å². The highest BCUT2D eigenvalue weighted by Gasteiger charge is 2.26. The fourth-order valence-corrected chi connectivity index (χ4v) is 3.01. The molecule has 0 aliphatic rings. The Morgan fingerprint density at radius 2 is 1.91 bits per heavy atom. The Balaban J connectivity index is 2.29. The van der Waals surface area contributed by atoms with Crippen LogP contribution in [0.15, 0.2) is 18.2 Å². The van der Waals surface area contributed by atoms with Crippen LogP contribution < -0.4 is 11.5 Å². The summed E-state index contributed by atoms with van der Waals surface area (Å²) in [6.07, 6.45) is -4.39. The molecule has 0 radical (unpaired) electrons. The van der Waals surface area contributed by atoms with E-state index in [1.807, 2.05) is 0 Å². The van der Waals surface area contributed by atoms with Crippen molar-refractivity contribution in [3.05, 3.63) is 35.0 Å². The number of thioether (sulfide) groups is 1. The fourth-order valence-electron chi connectivity index (χ4n) is 2.26. The Morgan fingerprint density at radius 1 is 1.22 bits per heavy atom. The summed E-state index contributed by atoms with van der Waals surface area (Å²) in [5, 5.41) is 0.512. The van der Waals surface area contributed by atoms with E-state index in [0.29, 0.717) is 22.2 Å². The molecule has 1 aromatic carbocycles. The summed E-state index contributed by atoms with van der Waals surface area (Å²) < 4.78 is 36.5. The van der Waals surface area contributed by atoms with Crippen molar-refractivity contribution in [2.75, 3.05) is 5.75 Å². The molecule has 23 heavy (non-hydrogen) atoms. The van der Waals surface area contributed by atoms with Gasteiger partial charge >= 0.3 is 6.18 Å². The Hall–Kier alpha value is -2.16. The minimum Gasteiger partial charge on any atom is -0.369 e. The van der Waals surface area contributed by atoms with E-state index in [1.54, 1.807) is 18.2 Å². The van der Waals surface area contributed by atoms with Gasteiger partial charge in [-0.3, -0.25) is 9.59 Å². The van der Waals surface area contributed by atoms with E-state index in [9.17, 15) is 22.8 Å². The van der Waals surface area contributed by atoms with Gasteiger partial charge in [-0.2, -0.15) is 13.2 Å². The molecule has 5 nitrogen and oxygen atoms in total. The van der Waals surface area contributed by atoms with Crippen LogP contribution in [0, 0.1) is 0 Å². The minimum atomic E-state index is -4.21. The quantitative estimate of drug-likeness (QED) is 0.747. The zero-order valence-electron chi connectivity index (χ0n) is 11.9. The molecule has 5 N–H and O–H groups in total. The predicted octanol–water partition coefficient (Wildman–Crippen LogP) is 2.09. The number of primary amides is 2. The Kier molecular flexibility index (Phi) is 4.88. The lowest BCUT2D eigenvalue weighted by Gasteiger charge is -2.06. The average molecular weight is 345 g/mol. The van der Waals surface area contributed by atoms with Crippen LogP contribution in [0.5, 0.6) is 0 Å². The van der Waals surface area contributed by atoms with Crippen LogP contribution in [0.4, 0.5) is 13.2 Å². The van der Waals surface area contributed by atoms with Gasteiger partial charge in [-0.05, 0) is 11.6 Å². The largest absolute Gasteiger partial charge is 0.397 e. The van der Waals surface area contributed by atoms with E-state index in [1.165, 1.54) is 0 Å². The predicted molar refractivity (Wildman–Crippen MR) is 81.9 cm³/mol. The van der Waals surface area contributed by atoms with Gasteiger partial charge in [0.05, 0.1) is 17.7 Å². The zero-order chi connectivity index (χ0) is 17.2. The molecule has 1 heterocycles. The summed E-state index contributed by atoms with van der Waals surface area (Å²) >= 11 is 0.745. The third kappa shape index (κ3) is 4.41. The molecule has 0 spiro atoms. The van der Waals surface area contributed by atoms with Gasteiger partial charge in [0.2, 0.25) is 5.91 Å². The molecule has 0 saturated heterocycles. The maximum Gasteiger partial charge on any atom is 0.397 e. The van der Waals surface area contributed by atoms with Crippen LogP contribution in [0.3, 0.4) is 0 Å². The van der Waals surface area contributed by atoms with Gasteiger partial charge in [0.15, 0.2) is 0 Å². The molecule has 0 fully saturated rings. The van der Waals surface area contributed by atoms with Crippen molar-refractivity contribution in [3.8, 4) is 0 Å². The van der Waals surface area contributed by atoms with E-state index >= 15 is 0 Å². The molecule has 124 valence electrons. The van der Waals surface area contributed by atoms with E-state index in [0.717, 1.165) is 11.8 Å². The monoisotopic (exact) mass is 345 g/mol. The summed E-state index contributed by atoms with van der Waals surface area (Å²) in [6, 6.07) is 4.86. The van der Waals surface area contributed by atoms with Gasteiger partial charge in [0.1, 0.15) is 0 Å². The summed E-state index contributed by atoms with van der Waals surface area (Å²) in [6.45, 7) is 0. The Bertz CT molecular complexity index is 756. The van der Waals surface area contributed by atoms with Gasteiger partial charge in [-0.15, -0.1) is 11.8 Å². The number of carbonyl (C=O) groups excluding carboxylic acids is 2. The van der Waals surface area contributed by atoms with Gasteiger partial charge in [0.25, 0.3) is 5.91 Å². The Labute approximate surface area is 133 Å². The number of hydrogen-bond acceptors (Lipinski definition) is 3. The molecule has 0 bridgehead atoms. The summed E-state index contributed by atoms with van der Waals surface area (Å²) in [5.74, 6) is -2.09. The van der Waals surface area contributed by atoms with Crippen LogP contribution in [0.1, 0.15) is 21.6 Å². The number of benzene rings is 1. The normalized spacial score (nSPS) is 11.8. The zero-order valence-corrected chi connectivity index (χ0v) is 12.7. The lowest BCUT2D eigenvalue weighted by molar-refractivity contribution is -0.117. The standard InChI is InChI=1S/C14H14F3N3O2S/c15-14(16,17)6-23-5-7-1-2-8-9(3-7)20-10(4-11(18)21)12(8)13(19)22/h1-3,20H,4-6H2,(H2,18,21)(H2,19,22). The lowest BCUT2D eigenvalue weighted by Crippen LogP contribution is -2.18. The first-order chi connectivity index (χ1) is 10.7. The highest BCUT2D eigenvalue weighted by molar-refractivity contribution is 7.98. The van der Waals surface area contributed by atoms with Crippen molar-refractivity contribution < 1.29 is 22.8 Å². The molecular formula is C14H14F3N3O2S. The van der Waals surface area contributed by atoms with Gasteiger partial charge in [-0.25, -0.2) is 0 Å². The number of hydrogen-bond donors (Lipinski definition) is 3. The molecule has 1 aromatic heterocycles. The van der Waals surface area contributed by atoms with Crippen LogP contribution in [-0.4, -0.2) is 28.7 Å². The van der Waals surface area contributed by atoms with E-state index < -0.39 is 23.7 Å². The molecular weight excluding hydrogens is 331 g/mol. The number of alkyl halides is 3. The number of halogens is 3. The average Bonchev–Trinajstić information content (AvgIpc) is 2.73. The number of aromatic nitrogens is 1. The van der Waals surface area contributed by atoms with E-state index in [2.05, 4.69) is 4.98 Å². The first-order valence-electron chi connectivity index (χ1n) is 6.53. The Morgan fingerprint density at radius 3 is 2.48 bits per heavy atom. The first-order valence-corrected chi connectivity index (χ1v) is 7.69. The summed E-state index contributed by atoms with van der Waals surface area (Å²) in [5.41, 5.74) is 12.1. The van der Waals surface area contributed by atoms with Crippen molar-refractivity contribution in [2.45, 2.75) is 18.3 Å². The number of carbonyl (C=O) groups is 2. The second-order valence-corrected chi connectivity index (χ2v) is 5.96. The van der Waals surface area contributed by atoms with Crippen molar-refractivity contribution in [3.63, 3.8) is 0 Å². The van der Waals surface area contributed by atoms with Crippen molar-refractivity contribution >= 4 is 34.5 Å². The molecule has 2 aromatic rings. The van der Waals surface area contributed by atoms with Crippen molar-refractivity contribution in [1.82, 2.24) is 4.98 Å². The smallest absolute Gasteiger partial charge is 0.369 e. The number of fused-ring (bicyclic) bond motifs is 1. The van der Waals surface area contributed by atoms with Gasteiger partial charge in [0, 0.05) is 22.3 Å². The molecule has 0 atom stereocenters. The number of rotatable bonds is 6. The number of amides is 2. The van der Waals surface area contributed by atoms with E-state index in [-0.39, 0.29) is 17.7 Å². The maximum absolute atomic E-state index is 12.2. The van der Waals surface area contributed by atoms with Crippen LogP contribution in [-0.2, 0) is 17.0 Å².